The van der Waals surface area contributed by atoms with E-state index in [2.05, 4.69) is 10.2 Å². The number of primary amides is 1. The topological polar surface area (TPSA) is 67.6 Å². The van der Waals surface area contributed by atoms with Crippen LogP contribution in [0.2, 0.25) is 0 Å². The van der Waals surface area contributed by atoms with Crippen LogP contribution < -0.4 is 15.8 Å². The molecular weight excluding hydrogens is 254 g/mol. The van der Waals surface area contributed by atoms with Gasteiger partial charge in [-0.25, -0.2) is 0 Å². The zero-order chi connectivity index (χ0) is 14.6. The van der Waals surface area contributed by atoms with E-state index in [1.165, 1.54) is 0 Å². The zero-order valence-corrected chi connectivity index (χ0v) is 12.2. The van der Waals surface area contributed by atoms with Gasteiger partial charge < -0.3 is 15.8 Å². The maximum atomic E-state index is 12.2. The lowest BCUT2D eigenvalue weighted by Crippen LogP contribution is -2.54. The molecule has 5 nitrogen and oxygen atoms in total. The van der Waals surface area contributed by atoms with Gasteiger partial charge in [-0.3, -0.25) is 9.69 Å². The molecule has 1 aromatic rings. The molecule has 1 aliphatic heterocycles. The normalized spacial score (nSPS) is 19.9. The van der Waals surface area contributed by atoms with Crippen LogP contribution in [0.15, 0.2) is 24.3 Å². The molecule has 0 aromatic heterocycles. The van der Waals surface area contributed by atoms with Crippen molar-refractivity contribution in [3.05, 3.63) is 29.8 Å². The Kier molecular flexibility index (Phi) is 4.62. The number of methoxy groups -OCH3 is 1. The van der Waals surface area contributed by atoms with E-state index in [1.807, 2.05) is 31.2 Å². The maximum Gasteiger partial charge on any atom is 0.242 e. The SMILES string of the molecule is COc1cccc(C(C)(C(N)=O)N2CCCNCC2)c1. The van der Waals surface area contributed by atoms with E-state index in [9.17, 15) is 4.79 Å². The Bertz CT molecular complexity index is 470. The fourth-order valence-electron chi connectivity index (χ4n) is 2.70. The first kappa shape index (κ1) is 14.8. The second-order valence-electron chi connectivity index (χ2n) is 5.26. The summed E-state index contributed by atoms with van der Waals surface area (Å²) in [6.07, 6.45) is 1.01. The monoisotopic (exact) mass is 277 g/mol. The van der Waals surface area contributed by atoms with Crippen molar-refractivity contribution in [1.82, 2.24) is 10.2 Å². The first-order chi connectivity index (χ1) is 9.59. The van der Waals surface area contributed by atoms with Gasteiger partial charge in [0.2, 0.25) is 5.91 Å². The minimum atomic E-state index is -0.805. The van der Waals surface area contributed by atoms with Crippen molar-refractivity contribution >= 4 is 5.91 Å². The van der Waals surface area contributed by atoms with E-state index in [0.29, 0.717) is 0 Å². The van der Waals surface area contributed by atoms with Crippen LogP contribution >= 0.6 is 0 Å². The maximum absolute atomic E-state index is 12.2. The molecule has 0 bridgehead atoms. The fraction of sp³-hybridized carbons (Fsp3) is 0.533. The molecule has 2 rings (SSSR count). The molecule has 1 aromatic carbocycles. The number of nitrogens with two attached hydrogens (primary N) is 1. The van der Waals surface area contributed by atoms with Crippen LogP contribution in [0.3, 0.4) is 0 Å². The van der Waals surface area contributed by atoms with Crippen molar-refractivity contribution in [2.45, 2.75) is 18.9 Å². The van der Waals surface area contributed by atoms with E-state index in [4.69, 9.17) is 10.5 Å². The molecule has 1 heterocycles. The van der Waals surface area contributed by atoms with Gasteiger partial charge in [-0.1, -0.05) is 12.1 Å². The number of benzene rings is 1. The molecule has 0 saturated carbocycles. The Balaban J connectivity index is 2.39. The summed E-state index contributed by atoms with van der Waals surface area (Å²) < 4.78 is 5.26. The highest BCUT2D eigenvalue weighted by Gasteiger charge is 2.39. The van der Waals surface area contributed by atoms with Gasteiger partial charge in [-0.2, -0.15) is 0 Å². The standard InChI is InChI=1S/C15H23N3O2/c1-15(14(16)19,18-9-4-7-17-8-10-18)12-5-3-6-13(11-12)20-2/h3,5-6,11,17H,4,7-10H2,1-2H3,(H2,16,19). The zero-order valence-electron chi connectivity index (χ0n) is 12.2. The molecule has 20 heavy (non-hydrogen) atoms. The number of carbonyl (C=O) groups is 1. The van der Waals surface area contributed by atoms with Crippen molar-refractivity contribution in [3.8, 4) is 5.75 Å². The number of rotatable bonds is 4. The third kappa shape index (κ3) is 2.78. The minimum absolute atomic E-state index is 0.326. The average Bonchev–Trinajstić information content (AvgIpc) is 2.75. The number of carbonyl (C=O) groups excluding carboxylic acids is 1. The van der Waals surface area contributed by atoms with Gasteiger partial charge >= 0.3 is 0 Å². The lowest BCUT2D eigenvalue weighted by atomic mass is 9.88. The fourth-order valence-corrected chi connectivity index (χ4v) is 2.70. The van der Waals surface area contributed by atoms with Crippen LogP contribution in [0.25, 0.3) is 0 Å². The molecule has 1 saturated heterocycles. The summed E-state index contributed by atoms with van der Waals surface area (Å²) in [6, 6.07) is 7.59. The highest BCUT2D eigenvalue weighted by molar-refractivity contribution is 5.85. The van der Waals surface area contributed by atoms with Gasteiger partial charge in [0.1, 0.15) is 11.3 Å². The van der Waals surface area contributed by atoms with Gasteiger partial charge in [0.05, 0.1) is 7.11 Å². The predicted octanol–water partition coefficient (Wildman–Crippen LogP) is 0.691. The van der Waals surface area contributed by atoms with Crippen LogP contribution in [0.4, 0.5) is 0 Å². The molecule has 1 amide bonds. The van der Waals surface area contributed by atoms with Gasteiger partial charge in [-0.05, 0) is 37.6 Å². The molecule has 0 aliphatic carbocycles. The van der Waals surface area contributed by atoms with Crippen LogP contribution in [0.1, 0.15) is 18.9 Å². The summed E-state index contributed by atoms with van der Waals surface area (Å²) in [5.74, 6) is 0.413. The summed E-state index contributed by atoms with van der Waals surface area (Å²) in [5.41, 5.74) is 5.81. The summed E-state index contributed by atoms with van der Waals surface area (Å²) >= 11 is 0. The Morgan fingerprint density at radius 1 is 1.40 bits per heavy atom. The van der Waals surface area contributed by atoms with E-state index in [-0.39, 0.29) is 5.91 Å². The van der Waals surface area contributed by atoms with Gasteiger partial charge in [0, 0.05) is 19.6 Å². The molecule has 0 spiro atoms. The number of hydrogen-bond donors (Lipinski definition) is 2. The lowest BCUT2D eigenvalue weighted by Gasteiger charge is -2.38. The molecule has 1 atom stereocenters. The lowest BCUT2D eigenvalue weighted by molar-refractivity contribution is -0.130. The molecule has 3 N–H and O–H groups in total. The summed E-state index contributed by atoms with van der Waals surface area (Å²) in [5, 5.41) is 3.34. The first-order valence-electron chi connectivity index (χ1n) is 6.99. The van der Waals surface area contributed by atoms with Crippen LogP contribution in [-0.2, 0) is 10.3 Å². The minimum Gasteiger partial charge on any atom is -0.497 e. The molecule has 0 radical (unpaired) electrons. The Hall–Kier alpha value is -1.59. The highest BCUT2D eigenvalue weighted by atomic mass is 16.5. The van der Waals surface area contributed by atoms with E-state index >= 15 is 0 Å². The molecule has 110 valence electrons. The van der Waals surface area contributed by atoms with E-state index < -0.39 is 5.54 Å². The number of nitrogens with one attached hydrogen (secondary N) is 1. The van der Waals surface area contributed by atoms with Gasteiger partial charge in [0.25, 0.3) is 0 Å². The second-order valence-corrected chi connectivity index (χ2v) is 5.26. The van der Waals surface area contributed by atoms with E-state index in [1.54, 1.807) is 7.11 Å². The average molecular weight is 277 g/mol. The second kappa shape index (κ2) is 6.24. The van der Waals surface area contributed by atoms with Gasteiger partial charge in [-0.15, -0.1) is 0 Å². The van der Waals surface area contributed by atoms with E-state index in [0.717, 1.165) is 43.9 Å². The van der Waals surface area contributed by atoms with Crippen LogP contribution in [-0.4, -0.2) is 44.1 Å². The summed E-state index contributed by atoms with van der Waals surface area (Å²) in [7, 11) is 1.62. The quantitative estimate of drug-likeness (QED) is 0.850. The smallest absolute Gasteiger partial charge is 0.242 e. The third-order valence-corrected chi connectivity index (χ3v) is 4.08. The van der Waals surface area contributed by atoms with Crippen molar-refractivity contribution in [3.63, 3.8) is 0 Å². The van der Waals surface area contributed by atoms with Crippen molar-refractivity contribution < 1.29 is 9.53 Å². The van der Waals surface area contributed by atoms with Crippen molar-refractivity contribution in [2.75, 3.05) is 33.3 Å². The Labute approximate surface area is 120 Å². The number of amides is 1. The molecule has 5 heteroatoms. The summed E-state index contributed by atoms with van der Waals surface area (Å²) in [6.45, 7) is 5.39. The van der Waals surface area contributed by atoms with Crippen molar-refractivity contribution in [2.24, 2.45) is 5.73 Å². The number of ether oxygens (including phenoxy) is 1. The number of nitrogens with zero attached hydrogens (tertiary/aromatic N) is 1. The summed E-state index contributed by atoms with van der Waals surface area (Å²) in [4.78, 5) is 14.3. The van der Waals surface area contributed by atoms with Crippen LogP contribution in [0, 0.1) is 0 Å². The molecular formula is C15H23N3O2. The van der Waals surface area contributed by atoms with Crippen molar-refractivity contribution in [1.29, 1.82) is 0 Å². The predicted molar refractivity (Wildman–Crippen MR) is 78.6 cm³/mol. The third-order valence-electron chi connectivity index (χ3n) is 4.08. The molecule has 1 unspecified atom stereocenters. The highest BCUT2D eigenvalue weighted by Crippen LogP contribution is 2.30. The van der Waals surface area contributed by atoms with Gasteiger partial charge in [0.15, 0.2) is 0 Å². The molecule has 1 fully saturated rings. The number of hydrogen-bond acceptors (Lipinski definition) is 4. The Morgan fingerprint density at radius 3 is 2.90 bits per heavy atom. The molecule has 1 aliphatic rings. The first-order valence-corrected chi connectivity index (χ1v) is 6.99. The largest absolute Gasteiger partial charge is 0.497 e. The Morgan fingerprint density at radius 2 is 2.20 bits per heavy atom. The van der Waals surface area contributed by atoms with Crippen LogP contribution in [0.5, 0.6) is 5.75 Å².